The van der Waals surface area contributed by atoms with Crippen LogP contribution in [0, 0.1) is 10.1 Å². The number of rotatable bonds is 5. The fraction of sp³-hybridized carbons (Fsp3) is 0.200. The standard InChI is InChI=1S/C10H10N2O5/c1-7(10(13)14)17-11-6-8-3-2-4-9(5-8)12(15)16/h2-7H,1H3,(H,13,14)/t7-/m1/s1. The van der Waals surface area contributed by atoms with Crippen LogP contribution in [-0.2, 0) is 9.63 Å². The molecule has 1 aromatic carbocycles. The predicted molar refractivity (Wildman–Crippen MR) is 58.9 cm³/mol. The first-order chi connectivity index (χ1) is 8.00. The Balaban J connectivity index is 2.68. The van der Waals surface area contributed by atoms with Gasteiger partial charge in [-0.25, -0.2) is 4.79 Å². The van der Waals surface area contributed by atoms with E-state index in [4.69, 9.17) is 5.11 Å². The molecule has 1 N–H and O–H groups in total. The van der Waals surface area contributed by atoms with Crippen molar-refractivity contribution >= 4 is 17.9 Å². The first-order valence-corrected chi connectivity index (χ1v) is 4.67. The number of benzene rings is 1. The Morgan fingerprint density at radius 2 is 2.35 bits per heavy atom. The zero-order valence-corrected chi connectivity index (χ0v) is 8.94. The highest BCUT2D eigenvalue weighted by atomic mass is 16.6. The molecule has 0 saturated heterocycles. The maximum atomic E-state index is 10.5. The zero-order chi connectivity index (χ0) is 12.8. The van der Waals surface area contributed by atoms with Crippen molar-refractivity contribution < 1.29 is 19.7 Å². The summed E-state index contributed by atoms with van der Waals surface area (Å²) in [6.07, 6.45) is 0.150. The third-order valence-corrected chi connectivity index (χ3v) is 1.85. The van der Waals surface area contributed by atoms with Gasteiger partial charge < -0.3 is 9.94 Å². The van der Waals surface area contributed by atoms with Gasteiger partial charge in [0.15, 0.2) is 0 Å². The molecule has 7 heteroatoms. The van der Waals surface area contributed by atoms with E-state index in [1.165, 1.54) is 31.3 Å². The Bertz CT molecular complexity index is 458. The lowest BCUT2D eigenvalue weighted by Crippen LogP contribution is -2.17. The third-order valence-electron chi connectivity index (χ3n) is 1.85. The normalized spacial score (nSPS) is 12.3. The number of carbonyl (C=O) groups is 1. The molecular weight excluding hydrogens is 228 g/mol. The molecule has 17 heavy (non-hydrogen) atoms. The molecule has 0 spiro atoms. The minimum absolute atomic E-state index is 0.0692. The molecule has 0 radical (unpaired) electrons. The Kier molecular flexibility index (Phi) is 4.15. The van der Waals surface area contributed by atoms with Crippen LogP contribution in [0.5, 0.6) is 0 Å². The van der Waals surface area contributed by atoms with Crippen LogP contribution < -0.4 is 0 Å². The van der Waals surface area contributed by atoms with Crippen LogP contribution in [-0.4, -0.2) is 28.3 Å². The lowest BCUT2D eigenvalue weighted by atomic mass is 10.2. The number of non-ortho nitro benzene ring substituents is 1. The molecule has 0 bridgehead atoms. The Labute approximate surface area is 96.5 Å². The fourth-order valence-electron chi connectivity index (χ4n) is 0.946. The van der Waals surface area contributed by atoms with Gasteiger partial charge in [-0.1, -0.05) is 17.3 Å². The van der Waals surface area contributed by atoms with Crippen LogP contribution in [0.25, 0.3) is 0 Å². The summed E-state index contributed by atoms with van der Waals surface area (Å²) < 4.78 is 0. The number of hydrogen-bond acceptors (Lipinski definition) is 5. The van der Waals surface area contributed by atoms with E-state index in [0.717, 1.165) is 0 Å². The van der Waals surface area contributed by atoms with Gasteiger partial charge in [0.05, 0.1) is 11.1 Å². The second-order valence-electron chi connectivity index (χ2n) is 3.17. The zero-order valence-electron chi connectivity index (χ0n) is 8.94. The van der Waals surface area contributed by atoms with Crippen molar-refractivity contribution in [3.8, 4) is 0 Å². The Morgan fingerprint density at radius 3 is 2.94 bits per heavy atom. The van der Waals surface area contributed by atoms with E-state index >= 15 is 0 Å². The van der Waals surface area contributed by atoms with E-state index in [1.54, 1.807) is 6.07 Å². The van der Waals surface area contributed by atoms with Gasteiger partial charge >= 0.3 is 5.97 Å². The number of aliphatic carboxylic acids is 1. The van der Waals surface area contributed by atoms with Crippen molar-refractivity contribution in [3.63, 3.8) is 0 Å². The maximum Gasteiger partial charge on any atom is 0.347 e. The molecule has 0 aromatic heterocycles. The van der Waals surface area contributed by atoms with E-state index in [9.17, 15) is 14.9 Å². The highest BCUT2D eigenvalue weighted by Gasteiger charge is 2.10. The molecule has 0 saturated carbocycles. The summed E-state index contributed by atoms with van der Waals surface area (Å²) >= 11 is 0. The van der Waals surface area contributed by atoms with Crippen molar-refractivity contribution in [2.75, 3.05) is 0 Å². The third kappa shape index (κ3) is 3.90. The Morgan fingerprint density at radius 1 is 1.65 bits per heavy atom. The first kappa shape index (κ1) is 12.6. The number of carboxylic acid groups (broad SMARTS) is 1. The minimum Gasteiger partial charge on any atom is -0.478 e. The van der Waals surface area contributed by atoms with Gasteiger partial charge in [-0.05, 0) is 6.92 Å². The van der Waals surface area contributed by atoms with Crippen LogP contribution in [0.4, 0.5) is 5.69 Å². The molecule has 0 aliphatic rings. The SMILES string of the molecule is C[C@@H](ON=Cc1cccc([N+](=O)[O-])c1)C(=O)O. The molecule has 7 nitrogen and oxygen atoms in total. The summed E-state index contributed by atoms with van der Waals surface area (Å²) in [6.45, 7) is 1.33. The quantitative estimate of drug-likeness (QED) is 0.474. The molecule has 1 atom stereocenters. The molecule has 0 unspecified atom stereocenters. The van der Waals surface area contributed by atoms with Gasteiger partial charge in [0.1, 0.15) is 0 Å². The summed E-state index contributed by atoms with van der Waals surface area (Å²) in [5.74, 6) is -1.14. The molecule has 0 heterocycles. The molecule has 0 amide bonds. The number of nitro benzene ring substituents is 1. The Hall–Kier alpha value is -2.44. The summed E-state index contributed by atoms with van der Waals surface area (Å²) in [5.41, 5.74) is 0.386. The van der Waals surface area contributed by atoms with Gasteiger partial charge in [0.2, 0.25) is 6.10 Å². The van der Waals surface area contributed by atoms with E-state index in [2.05, 4.69) is 9.99 Å². The van der Waals surface area contributed by atoms with Crippen LogP contribution in [0.15, 0.2) is 29.4 Å². The molecule has 0 aliphatic carbocycles. The molecule has 0 aliphatic heterocycles. The number of carboxylic acids is 1. The van der Waals surface area contributed by atoms with Crippen molar-refractivity contribution in [3.05, 3.63) is 39.9 Å². The monoisotopic (exact) mass is 238 g/mol. The molecule has 1 aromatic rings. The van der Waals surface area contributed by atoms with Crippen LogP contribution >= 0.6 is 0 Å². The van der Waals surface area contributed by atoms with Crippen molar-refractivity contribution in [2.45, 2.75) is 13.0 Å². The predicted octanol–water partition coefficient (Wildman–Crippen LogP) is 1.42. The van der Waals surface area contributed by atoms with E-state index in [1.807, 2.05) is 0 Å². The molecule has 90 valence electrons. The number of oxime groups is 1. The highest BCUT2D eigenvalue weighted by Crippen LogP contribution is 2.11. The first-order valence-electron chi connectivity index (χ1n) is 4.67. The molecule has 1 rings (SSSR count). The lowest BCUT2D eigenvalue weighted by molar-refractivity contribution is -0.384. The lowest BCUT2D eigenvalue weighted by Gasteiger charge is -2.02. The van der Waals surface area contributed by atoms with Crippen molar-refractivity contribution in [1.82, 2.24) is 0 Å². The van der Waals surface area contributed by atoms with Crippen LogP contribution in [0.2, 0.25) is 0 Å². The van der Waals surface area contributed by atoms with Crippen LogP contribution in [0.3, 0.4) is 0 Å². The summed E-state index contributed by atoms with van der Waals surface area (Å²) in [4.78, 5) is 25.0. The van der Waals surface area contributed by atoms with Gasteiger partial charge in [0, 0.05) is 17.7 Å². The fourth-order valence-corrected chi connectivity index (χ4v) is 0.946. The van der Waals surface area contributed by atoms with E-state index in [-0.39, 0.29) is 5.69 Å². The van der Waals surface area contributed by atoms with E-state index in [0.29, 0.717) is 5.56 Å². The van der Waals surface area contributed by atoms with Gasteiger partial charge in [-0.15, -0.1) is 0 Å². The topological polar surface area (TPSA) is 102 Å². The second-order valence-corrected chi connectivity index (χ2v) is 3.17. The number of hydrogen-bond donors (Lipinski definition) is 1. The minimum atomic E-state index is -1.14. The highest BCUT2D eigenvalue weighted by molar-refractivity contribution is 5.80. The smallest absolute Gasteiger partial charge is 0.347 e. The second kappa shape index (κ2) is 5.59. The summed E-state index contributed by atoms with van der Waals surface area (Å²) in [6, 6.07) is 5.74. The molecular formula is C10H10N2O5. The molecule has 0 fully saturated rings. The van der Waals surface area contributed by atoms with Gasteiger partial charge in [0.25, 0.3) is 5.69 Å². The summed E-state index contributed by atoms with van der Waals surface area (Å²) in [5, 5.41) is 22.4. The maximum absolute atomic E-state index is 10.5. The van der Waals surface area contributed by atoms with Gasteiger partial charge in [-0.3, -0.25) is 10.1 Å². The number of nitrogens with zero attached hydrogens (tertiary/aromatic N) is 2. The summed E-state index contributed by atoms with van der Waals surface area (Å²) in [7, 11) is 0. The average molecular weight is 238 g/mol. The largest absolute Gasteiger partial charge is 0.478 e. The van der Waals surface area contributed by atoms with Crippen molar-refractivity contribution in [1.29, 1.82) is 0 Å². The number of nitro groups is 1. The van der Waals surface area contributed by atoms with Crippen LogP contribution in [0.1, 0.15) is 12.5 Å². The average Bonchev–Trinajstić information content (AvgIpc) is 2.29. The van der Waals surface area contributed by atoms with E-state index < -0.39 is 17.0 Å². The van der Waals surface area contributed by atoms with Gasteiger partial charge in [-0.2, -0.15) is 0 Å². The van der Waals surface area contributed by atoms with Crippen molar-refractivity contribution in [2.24, 2.45) is 5.16 Å².